The van der Waals surface area contributed by atoms with E-state index in [1.54, 1.807) is 0 Å². The number of aliphatic carboxylic acids is 3. The number of carboxylic acid groups (broad SMARTS) is 3. The van der Waals surface area contributed by atoms with Crippen LogP contribution >= 0.6 is 0 Å². The molecule has 0 fully saturated rings. The van der Waals surface area contributed by atoms with Gasteiger partial charge in [-0.05, 0) is 57.8 Å². The summed E-state index contributed by atoms with van der Waals surface area (Å²) >= 11 is 0. The number of hydrogen-bond donors (Lipinski definition) is 3. The van der Waals surface area contributed by atoms with Gasteiger partial charge < -0.3 is 19.8 Å². The first-order chi connectivity index (χ1) is 20.2. The highest BCUT2D eigenvalue weighted by Gasteiger charge is 2.40. The van der Waals surface area contributed by atoms with E-state index in [9.17, 15) is 29.7 Å². The Morgan fingerprint density at radius 2 is 0.810 bits per heavy atom. The Balaban J connectivity index is 4.74. The summed E-state index contributed by atoms with van der Waals surface area (Å²) in [6.07, 6.45) is 25.6. The van der Waals surface area contributed by atoms with E-state index >= 15 is 0 Å². The minimum Gasteiger partial charge on any atom is -0.481 e. The summed E-state index contributed by atoms with van der Waals surface area (Å²) in [5.74, 6) is -4.53. The molecule has 3 unspecified atom stereocenters. The fourth-order valence-electron chi connectivity index (χ4n) is 6.09. The summed E-state index contributed by atoms with van der Waals surface area (Å²) in [6.45, 7) is 9.24. The van der Waals surface area contributed by atoms with Gasteiger partial charge in [-0.25, -0.2) is 0 Å². The van der Waals surface area contributed by atoms with Crippen LogP contribution in [0.1, 0.15) is 150 Å². The van der Waals surface area contributed by atoms with Crippen LogP contribution < -0.4 is 0 Å². The van der Waals surface area contributed by atoms with E-state index < -0.39 is 35.7 Å². The van der Waals surface area contributed by atoms with Crippen molar-refractivity contribution in [3.05, 3.63) is 12.2 Å². The molecule has 0 saturated heterocycles. The Morgan fingerprint density at radius 1 is 0.500 bits per heavy atom. The van der Waals surface area contributed by atoms with E-state index in [1.165, 1.54) is 70.6 Å². The van der Waals surface area contributed by atoms with Gasteiger partial charge in [-0.15, -0.1) is 0 Å². The predicted molar refractivity (Wildman–Crippen MR) is 173 cm³/mol. The molecular weight excluding hydrogens is 530 g/mol. The van der Waals surface area contributed by atoms with Crippen LogP contribution in [0.2, 0.25) is 0 Å². The van der Waals surface area contributed by atoms with Gasteiger partial charge >= 0.3 is 17.9 Å². The third-order valence-electron chi connectivity index (χ3n) is 8.99. The number of unbranched alkanes of at least 4 members (excludes halogenated alkanes) is 14. The lowest BCUT2D eigenvalue weighted by atomic mass is 9.95. The minimum atomic E-state index is -0.890. The molecule has 7 heteroatoms. The molecule has 7 nitrogen and oxygen atoms in total. The van der Waals surface area contributed by atoms with Gasteiger partial charge in [0.1, 0.15) is 17.8 Å². The van der Waals surface area contributed by atoms with E-state index in [0.717, 1.165) is 32.1 Å². The molecule has 0 aliphatic rings. The number of carbonyl (C=O) groups is 3. The van der Waals surface area contributed by atoms with Gasteiger partial charge in [-0.2, -0.15) is 0 Å². The van der Waals surface area contributed by atoms with Gasteiger partial charge in [0.2, 0.25) is 0 Å². The summed E-state index contributed by atoms with van der Waals surface area (Å²) < 4.78 is 0.254. The van der Waals surface area contributed by atoms with Crippen molar-refractivity contribution in [1.82, 2.24) is 0 Å². The average molecular weight is 597 g/mol. The number of rotatable bonds is 30. The third kappa shape index (κ3) is 19.3. The van der Waals surface area contributed by atoms with Crippen LogP contribution in [0.15, 0.2) is 12.2 Å². The quantitative estimate of drug-likeness (QED) is 0.0433. The van der Waals surface area contributed by atoms with Gasteiger partial charge in [0.15, 0.2) is 0 Å². The first kappa shape index (κ1) is 40.1. The van der Waals surface area contributed by atoms with Gasteiger partial charge in [0.05, 0.1) is 26.2 Å². The van der Waals surface area contributed by atoms with E-state index in [-0.39, 0.29) is 24.1 Å². The minimum absolute atomic E-state index is 0.254. The molecular formula is C35H66NO6+. The predicted octanol–water partition coefficient (Wildman–Crippen LogP) is 8.95. The van der Waals surface area contributed by atoms with Gasteiger partial charge in [0, 0.05) is 0 Å². The van der Waals surface area contributed by atoms with Gasteiger partial charge in [-0.3, -0.25) is 14.4 Å². The molecule has 0 aromatic heterocycles. The second-order valence-corrected chi connectivity index (χ2v) is 12.6. The largest absolute Gasteiger partial charge is 0.481 e. The van der Waals surface area contributed by atoms with Crippen molar-refractivity contribution in [3.8, 4) is 0 Å². The van der Waals surface area contributed by atoms with Crippen molar-refractivity contribution >= 4 is 17.9 Å². The third-order valence-corrected chi connectivity index (χ3v) is 8.99. The van der Waals surface area contributed by atoms with Gasteiger partial charge in [-0.1, -0.05) is 104 Å². The highest BCUT2D eigenvalue weighted by Crippen LogP contribution is 2.25. The summed E-state index contributed by atoms with van der Waals surface area (Å²) in [4.78, 5) is 35.9. The standard InChI is InChI=1S/C35H65NO6/c1-5-9-10-11-12-13-14-15-16-17-18-19-20-21-22-23-24-25-26-36(27-30(6-2)33(37)38,28-31(7-3)34(39)40)29-32(8-4)35(41)42/h17-18,30-32H,5-16,19-29H2,1-4H3,(H2-,37,38,39,40,41,42)/p+1/b18-17+. The van der Waals surface area contributed by atoms with Crippen LogP contribution in [0.3, 0.4) is 0 Å². The average Bonchev–Trinajstić information content (AvgIpc) is 2.96. The molecule has 0 saturated carbocycles. The molecule has 246 valence electrons. The lowest BCUT2D eigenvalue weighted by molar-refractivity contribution is -0.935. The zero-order valence-corrected chi connectivity index (χ0v) is 27.7. The molecule has 0 radical (unpaired) electrons. The first-order valence-corrected chi connectivity index (χ1v) is 17.3. The molecule has 0 aliphatic carbocycles. The number of nitrogens with zero attached hydrogens (tertiary/aromatic N) is 1. The highest BCUT2D eigenvalue weighted by molar-refractivity contribution is 5.71. The molecule has 0 aromatic carbocycles. The monoisotopic (exact) mass is 596 g/mol. The first-order valence-electron chi connectivity index (χ1n) is 17.3. The molecule has 0 heterocycles. The summed E-state index contributed by atoms with van der Waals surface area (Å²) in [5.41, 5.74) is 0. The molecule has 3 atom stereocenters. The normalized spacial score (nSPS) is 15.3. The second kappa shape index (κ2) is 25.6. The van der Waals surface area contributed by atoms with Crippen molar-refractivity contribution in [3.63, 3.8) is 0 Å². The molecule has 0 rings (SSSR count). The Morgan fingerprint density at radius 3 is 1.12 bits per heavy atom. The van der Waals surface area contributed by atoms with Crippen LogP contribution in [0.25, 0.3) is 0 Å². The molecule has 0 amide bonds. The lowest BCUT2D eigenvalue weighted by Gasteiger charge is -2.43. The fraction of sp³-hybridized carbons (Fsp3) is 0.857. The molecule has 0 spiro atoms. The van der Waals surface area contributed by atoms with Crippen LogP contribution in [-0.2, 0) is 14.4 Å². The van der Waals surface area contributed by atoms with Crippen molar-refractivity contribution in [2.24, 2.45) is 17.8 Å². The number of allylic oxidation sites excluding steroid dienone is 2. The van der Waals surface area contributed by atoms with Crippen molar-refractivity contribution < 1.29 is 34.2 Å². The van der Waals surface area contributed by atoms with Crippen molar-refractivity contribution in [1.29, 1.82) is 0 Å². The second-order valence-electron chi connectivity index (χ2n) is 12.6. The molecule has 0 bridgehead atoms. The maximum atomic E-state index is 12.0. The van der Waals surface area contributed by atoms with Gasteiger partial charge in [0.25, 0.3) is 0 Å². The van der Waals surface area contributed by atoms with Crippen LogP contribution in [0.5, 0.6) is 0 Å². The molecule has 3 N–H and O–H groups in total. The maximum Gasteiger partial charge on any atom is 0.312 e. The summed E-state index contributed by atoms with van der Waals surface area (Å²) in [7, 11) is 0. The maximum absolute atomic E-state index is 12.0. The SMILES string of the molecule is CCCCCCCCCC/C=C/CCCCCCCC[N+](CC(CC)C(=O)O)(CC(CC)C(=O)O)CC(CC)C(=O)O. The molecule has 0 aromatic rings. The number of carboxylic acids is 3. The Bertz CT molecular complexity index is 677. The molecule has 0 aliphatic heterocycles. The topological polar surface area (TPSA) is 112 Å². The zero-order chi connectivity index (χ0) is 31.6. The van der Waals surface area contributed by atoms with Crippen molar-refractivity contribution in [2.75, 3.05) is 26.2 Å². The Hall–Kier alpha value is -1.89. The number of hydrogen-bond acceptors (Lipinski definition) is 3. The highest BCUT2D eigenvalue weighted by atomic mass is 16.4. The van der Waals surface area contributed by atoms with Crippen LogP contribution in [-0.4, -0.2) is 63.9 Å². The van der Waals surface area contributed by atoms with E-state index in [4.69, 9.17) is 0 Å². The van der Waals surface area contributed by atoms with Crippen molar-refractivity contribution in [2.45, 2.75) is 150 Å². The van der Waals surface area contributed by atoms with E-state index in [2.05, 4.69) is 19.1 Å². The summed E-state index contributed by atoms with van der Waals surface area (Å²) in [5, 5.41) is 29.5. The Labute approximate surface area is 257 Å². The summed E-state index contributed by atoms with van der Waals surface area (Å²) in [6, 6.07) is 0. The zero-order valence-electron chi connectivity index (χ0n) is 27.7. The van der Waals surface area contributed by atoms with E-state index in [0.29, 0.717) is 25.8 Å². The Kier molecular flexibility index (Phi) is 24.4. The van der Waals surface area contributed by atoms with Crippen LogP contribution in [0.4, 0.5) is 0 Å². The van der Waals surface area contributed by atoms with E-state index in [1.807, 2.05) is 20.8 Å². The van der Waals surface area contributed by atoms with Crippen LogP contribution in [0, 0.1) is 17.8 Å². The fourth-order valence-corrected chi connectivity index (χ4v) is 6.09. The molecule has 42 heavy (non-hydrogen) atoms. The lowest BCUT2D eigenvalue weighted by Crippen LogP contribution is -2.58. The number of quaternary nitrogens is 1. The smallest absolute Gasteiger partial charge is 0.312 e.